The predicted molar refractivity (Wildman–Crippen MR) is 108 cm³/mol. The number of aryl methyl sites for hydroxylation is 2. The Bertz CT molecular complexity index is 930. The van der Waals surface area contributed by atoms with Gasteiger partial charge in [-0.15, -0.1) is 0 Å². The van der Waals surface area contributed by atoms with Gasteiger partial charge in [0.1, 0.15) is 0 Å². The van der Waals surface area contributed by atoms with Gasteiger partial charge in [0.2, 0.25) is 0 Å². The molecule has 1 aliphatic rings. The summed E-state index contributed by atoms with van der Waals surface area (Å²) in [6.07, 6.45) is 7.08. The van der Waals surface area contributed by atoms with Crippen LogP contribution in [-0.2, 0) is 24.7 Å². The van der Waals surface area contributed by atoms with E-state index in [1.54, 1.807) is 0 Å². The Morgan fingerprint density at radius 3 is 2.46 bits per heavy atom. The van der Waals surface area contributed by atoms with Gasteiger partial charge in [-0.3, -0.25) is 0 Å². The second kappa shape index (κ2) is 6.53. The van der Waals surface area contributed by atoms with Crippen LogP contribution in [0.1, 0.15) is 69.5 Å². The molecule has 0 unspecified atom stereocenters. The third-order valence-electron chi connectivity index (χ3n) is 5.45. The van der Waals surface area contributed by atoms with Gasteiger partial charge in [0.05, 0.1) is 11.4 Å². The van der Waals surface area contributed by atoms with Crippen LogP contribution in [0.15, 0.2) is 30.3 Å². The number of aromatic nitrogens is 3. The van der Waals surface area contributed by atoms with Crippen molar-refractivity contribution in [3.63, 3.8) is 0 Å². The molecule has 0 saturated carbocycles. The summed E-state index contributed by atoms with van der Waals surface area (Å²) in [5.41, 5.74) is 7.68. The van der Waals surface area contributed by atoms with Crippen LogP contribution < -0.4 is 0 Å². The first-order valence-electron chi connectivity index (χ1n) is 10.00. The molecule has 2 heterocycles. The molecule has 4 rings (SSSR count). The number of pyridine rings is 1. The van der Waals surface area contributed by atoms with Crippen LogP contribution in [0.3, 0.4) is 0 Å². The van der Waals surface area contributed by atoms with Gasteiger partial charge in [0.15, 0.2) is 5.65 Å². The lowest BCUT2D eigenvalue weighted by atomic mass is 9.88. The molecule has 1 aromatic carbocycles. The van der Waals surface area contributed by atoms with Crippen molar-refractivity contribution in [3.8, 4) is 5.69 Å². The number of hydrogen-bond donors (Lipinski definition) is 0. The summed E-state index contributed by atoms with van der Waals surface area (Å²) < 4.78 is 2.07. The van der Waals surface area contributed by atoms with Gasteiger partial charge in [-0.25, -0.2) is 9.67 Å². The van der Waals surface area contributed by atoms with Crippen molar-refractivity contribution in [2.45, 2.75) is 71.6 Å². The van der Waals surface area contributed by atoms with E-state index >= 15 is 0 Å². The molecule has 26 heavy (non-hydrogen) atoms. The Balaban J connectivity index is 2.04. The van der Waals surface area contributed by atoms with Crippen molar-refractivity contribution in [3.05, 3.63) is 52.8 Å². The molecular weight excluding hydrogens is 318 g/mol. The minimum absolute atomic E-state index is 0.00125. The summed E-state index contributed by atoms with van der Waals surface area (Å²) in [6, 6.07) is 10.5. The molecule has 0 aliphatic heterocycles. The lowest BCUT2D eigenvalue weighted by Crippen LogP contribution is -2.13. The van der Waals surface area contributed by atoms with Gasteiger partial charge >= 0.3 is 0 Å². The fraction of sp³-hybridized carbons (Fsp3) is 0.478. The Morgan fingerprint density at radius 1 is 1.04 bits per heavy atom. The molecule has 3 heteroatoms. The van der Waals surface area contributed by atoms with E-state index in [9.17, 15) is 0 Å². The van der Waals surface area contributed by atoms with Crippen molar-refractivity contribution >= 4 is 11.0 Å². The number of benzene rings is 1. The van der Waals surface area contributed by atoms with Crippen LogP contribution in [0.4, 0.5) is 0 Å². The summed E-state index contributed by atoms with van der Waals surface area (Å²) in [5.74, 6) is 0. The van der Waals surface area contributed by atoms with E-state index in [0.29, 0.717) is 0 Å². The summed E-state index contributed by atoms with van der Waals surface area (Å²) in [4.78, 5) is 5.20. The molecule has 3 nitrogen and oxygen atoms in total. The van der Waals surface area contributed by atoms with Crippen molar-refractivity contribution < 1.29 is 0 Å². The molecule has 136 valence electrons. The van der Waals surface area contributed by atoms with Crippen molar-refractivity contribution in [2.75, 3.05) is 0 Å². The van der Waals surface area contributed by atoms with Gasteiger partial charge < -0.3 is 0 Å². The Morgan fingerprint density at radius 2 is 1.77 bits per heavy atom. The lowest BCUT2D eigenvalue weighted by molar-refractivity contribution is 0.564. The van der Waals surface area contributed by atoms with Crippen molar-refractivity contribution in [1.29, 1.82) is 0 Å². The Hall–Kier alpha value is -2.16. The quantitative estimate of drug-likeness (QED) is 0.619. The number of nitrogens with zero attached hydrogens (tertiary/aromatic N) is 3. The van der Waals surface area contributed by atoms with Crippen LogP contribution in [0.5, 0.6) is 0 Å². The topological polar surface area (TPSA) is 30.7 Å². The number of para-hydroxylation sites is 1. The van der Waals surface area contributed by atoms with E-state index in [-0.39, 0.29) is 5.41 Å². The van der Waals surface area contributed by atoms with E-state index in [1.165, 1.54) is 53.6 Å². The van der Waals surface area contributed by atoms with Crippen molar-refractivity contribution in [1.82, 2.24) is 14.8 Å². The number of unbranched alkanes of at least 4 members (excludes halogenated alkanes) is 1. The maximum Gasteiger partial charge on any atom is 0.163 e. The fourth-order valence-electron chi connectivity index (χ4n) is 4.15. The van der Waals surface area contributed by atoms with E-state index < -0.39 is 0 Å². The zero-order valence-electron chi connectivity index (χ0n) is 16.5. The first-order chi connectivity index (χ1) is 12.5. The first-order valence-corrected chi connectivity index (χ1v) is 10.00. The lowest BCUT2D eigenvalue weighted by Gasteiger charge is -2.17. The number of fused-ring (bicyclic) bond motifs is 3. The molecule has 3 aromatic rings. The summed E-state index contributed by atoms with van der Waals surface area (Å²) >= 11 is 0. The van der Waals surface area contributed by atoms with E-state index in [1.807, 2.05) is 0 Å². The van der Waals surface area contributed by atoms with Crippen molar-refractivity contribution in [2.24, 2.45) is 0 Å². The maximum atomic E-state index is 5.20. The van der Waals surface area contributed by atoms with Crippen LogP contribution in [0, 0.1) is 0 Å². The number of rotatable bonds is 4. The third-order valence-corrected chi connectivity index (χ3v) is 5.45. The minimum atomic E-state index is 0.00125. The zero-order chi connectivity index (χ0) is 18.3. The van der Waals surface area contributed by atoms with Crippen LogP contribution in [-0.4, -0.2) is 14.8 Å². The van der Waals surface area contributed by atoms with Crippen LogP contribution in [0.2, 0.25) is 0 Å². The smallest absolute Gasteiger partial charge is 0.163 e. The summed E-state index contributed by atoms with van der Waals surface area (Å²) in [5, 5.41) is 6.40. The molecule has 0 amide bonds. The average Bonchev–Trinajstić information content (AvgIpc) is 3.24. The molecular formula is C23H29N3. The maximum absolute atomic E-state index is 5.20. The first kappa shape index (κ1) is 17.3. The van der Waals surface area contributed by atoms with Crippen LogP contribution >= 0.6 is 0 Å². The highest BCUT2D eigenvalue weighted by molar-refractivity contribution is 5.86. The van der Waals surface area contributed by atoms with Gasteiger partial charge in [0, 0.05) is 16.5 Å². The standard InChI is InChI=1S/C23H29N3/c1-5-6-15-19-17-13-10-14-18(17)20-21(23(2,3)4)25-26(22(20)24-19)16-11-8-7-9-12-16/h7-9,11-12H,5-6,10,13-15H2,1-4H3. The molecule has 0 fully saturated rings. The minimum Gasteiger partial charge on any atom is -0.233 e. The molecule has 0 N–H and O–H groups in total. The highest BCUT2D eigenvalue weighted by atomic mass is 15.3. The second-order valence-corrected chi connectivity index (χ2v) is 8.52. The Labute approximate surface area is 156 Å². The van der Waals surface area contributed by atoms with Gasteiger partial charge in [-0.1, -0.05) is 52.3 Å². The SMILES string of the molecule is CCCCc1nc2c(c(C(C)(C)C)nn2-c2ccccc2)c2c1CCC2. The van der Waals surface area contributed by atoms with Gasteiger partial charge in [0.25, 0.3) is 0 Å². The monoisotopic (exact) mass is 347 g/mol. The largest absolute Gasteiger partial charge is 0.233 e. The predicted octanol–water partition coefficient (Wildman–Crippen LogP) is 5.55. The van der Waals surface area contributed by atoms with E-state index in [2.05, 4.69) is 62.7 Å². The highest BCUT2D eigenvalue weighted by Crippen LogP contribution is 2.38. The van der Waals surface area contributed by atoms with Gasteiger partial charge in [-0.05, 0) is 55.4 Å². The molecule has 2 aromatic heterocycles. The summed E-state index contributed by atoms with van der Waals surface area (Å²) in [6.45, 7) is 9.04. The normalized spacial score (nSPS) is 14.2. The molecule has 0 atom stereocenters. The molecule has 0 radical (unpaired) electrons. The fourth-order valence-corrected chi connectivity index (χ4v) is 4.15. The van der Waals surface area contributed by atoms with E-state index in [4.69, 9.17) is 10.1 Å². The van der Waals surface area contributed by atoms with Gasteiger partial charge in [-0.2, -0.15) is 5.10 Å². The zero-order valence-corrected chi connectivity index (χ0v) is 16.5. The third kappa shape index (κ3) is 2.84. The molecule has 0 spiro atoms. The van der Waals surface area contributed by atoms with Crippen LogP contribution in [0.25, 0.3) is 16.7 Å². The molecule has 1 aliphatic carbocycles. The van der Waals surface area contributed by atoms with E-state index in [0.717, 1.165) is 24.2 Å². The average molecular weight is 348 g/mol. The number of hydrogen-bond acceptors (Lipinski definition) is 2. The Kier molecular flexibility index (Phi) is 4.34. The summed E-state index contributed by atoms with van der Waals surface area (Å²) in [7, 11) is 0. The second-order valence-electron chi connectivity index (χ2n) is 8.52. The molecule has 0 bridgehead atoms. The molecule has 0 saturated heterocycles. The highest BCUT2D eigenvalue weighted by Gasteiger charge is 2.29.